The van der Waals surface area contributed by atoms with Crippen molar-refractivity contribution in [3.8, 4) is 12.3 Å². The number of pyridine rings is 1. The summed E-state index contributed by atoms with van der Waals surface area (Å²) in [6, 6.07) is 12.7. The van der Waals surface area contributed by atoms with E-state index in [9.17, 15) is 18.3 Å². The number of sulfonamides is 1. The molecule has 0 aliphatic rings. The fourth-order valence-corrected chi connectivity index (χ4v) is 4.44. The molecule has 0 fully saturated rings. The van der Waals surface area contributed by atoms with Gasteiger partial charge in [0.2, 0.25) is 0 Å². The summed E-state index contributed by atoms with van der Waals surface area (Å²) in [7, 11) is -4.47. The molecule has 3 rings (SSSR count). The third-order valence-corrected chi connectivity index (χ3v) is 5.74. The number of aromatic nitrogens is 1. The van der Waals surface area contributed by atoms with E-state index in [1.807, 2.05) is 0 Å². The molecule has 1 aromatic heterocycles. The number of carboxylic acid groups (broad SMARTS) is 1. The van der Waals surface area contributed by atoms with Gasteiger partial charge in [-0.25, -0.2) is 13.2 Å². The standard InChI is InChI=1S/C19H14N2O4S/c1-3-14-7-4-5-9-16(14)21(19(22)23)26(24,25)18-13(2)10-11-15-8-6-12-20-17(15)18/h1,4-12H,2H3,(H,22,23). The van der Waals surface area contributed by atoms with Gasteiger partial charge in [0.05, 0.1) is 11.2 Å². The van der Waals surface area contributed by atoms with Gasteiger partial charge in [-0.2, -0.15) is 4.31 Å². The summed E-state index contributed by atoms with van der Waals surface area (Å²) in [5.74, 6) is 2.32. The summed E-state index contributed by atoms with van der Waals surface area (Å²) in [6.07, 6.45) is 5.22. The zero-order valence-electron chi connectivity index (χ0n) is 13.7. The van der Waals surface area contributed by atoms with Gasteiger partial charge in [0, 0.05) is 17.1 Å². The summed E-state index contributed by atoms with van der Waals surface area (Å²) in [5.41, 5.74) is 0.650. The summed E-state index contributed by atoms with van der Waals surface area (Å²) < 4.78 is 26.9. The van der Waals surface area contributed by atoms with Crippen molar-refractivity contribution in [1.82, 2.24) is 4.98 Å². The van der Waals surface area contributed by atoms with Crippen molar-refractivity contribution < 1.29 is 18.3 Å². The third-order valence-electron chi connectivity index (χ3n) is 3.88. The van der Waals surface area contributed by atoms with Gasteiger partial charge < -0.3 is 5.11 Å². The van der Waals surface area contributed by atoms with Gasteiger partial charge >= 0.3 is 6.09 Å². The largest absolute Gasteiger partial charge is 0.464 e. The number of para-hydroxylation sites is 1. The summed E-state index contributed by atoms with van der Waals surface area (Å²) in [6.45, 7) is 1.59. The van der Waals surface area contributed by atoms with Gasteiger partial charge in [0.15, 0.2) is 0 Å². The number of terminal acetylenes is 1. The molecule has 2 aromatic carbocycles. The van der Waals surface area contributed by atoms with Crippen molar-refractivity contribution in [2.24, 2.45) is 0 Å². The lowest BCUT2D eigenvalue weighted by molar-refractivity contribution is 0.206. The van der Waals surface area contributed by atoms with E-state index < -0.39 is 16.1 Å². The Labute approximate surface area is 150 Å². The molecule has 0 aliphatic heterocycles. The average Bonchev–Trinajstić information content (AvgIpc) is 2.61. The van der Waals surface area contributed by atoms with Gasteiger partial charge in [-0.05, 0) is 30.7 Å². The molecule has 1 amide bonds. The molecular formula is C19H14N2O4S. The van der Waals surface area contributed by atoms with Crippen LogP contribution in [-0.4, -0.2) is 24.6 Å². The summed E-state index contributed by atoms with van der Waals surface area (Å²) in [4.78, 5) is 15.9. The number of aryl methyl sites for hydroxylation is 1. The molecule has 0 radical (unpaired) electrons. The molecule has 0 spiro atoms. The maximum Gasteiger partial charge on any atom is 0.426 e. The molecule has 0 bridgehead atoms. The fourth-order valence-electron chi connectivity index (χ4n) is 2.74. The van der Waals surface area contributed by atoms with Gasteiger partial charge in [0.1, 0.15) is 4.90 Å². The van der Waals surface area contributed by atoms with Gasteiger partial charge in [-0.3, -0.25) is 4.98 Å². The van der Waals surface area contributed by atoms with Crippen LogP contribution in [0.25, 0.3) is 10.9 Å². The van der Waals surface area contributed by atoms with Crippen molar-refractivity contribution in [3.63, 3.8) is 0 Å². The van der Waals surface area contributed by atoms with Crippen molar-refractivity contribution in [3.05, 3.63) is 65.9 Å². The van der Waals surface area contributed by atoms with Crippen LogP contribution >= 0.6 is 0 Å². The Bertz CT molecular complexity index is 1160. The zero-order chi connectivity index (χ0) is 18.9. The Morgan fingerprint density at radius 3 is 2.58 bits per heavy atom. The minimum atomic E-state index is -4.47. The first-order valence-corrected chi connectivity index (χ1v) is 9.00. The number of anilines is 1. The highest BCUT2D eigenvalue weighted by Crippen LogP contribution is 2.32. The Kier molecular flexibility index (Phi) is 4.36. The number of hydrogen-bond acceptors (Lipinski definition) is 4. The van der Waals surface area contributed by atoms with E-state index in [4.69, 9.17) is 6.42 Å². The van der Waals surface area contributed by atoms with E-state index in [2.05, 4.69) is 10.9 Å². The number of carbonyl (C=O) groups is 1. The molecule has 6 nitrogen and oxygen atoms in total. The zero-order valence-corrected chi connectivity index (χ0v) is 14.6. The van der Waals surface area contributed by atoms with Crippen molar-refractivity contribution in [1.29, 1.82) is 0 Å². The van der Waals surface area contributed by atoms with E-state index in [-0.39, 0.29) is 21.7 Å². The van der Waals surface area contributed by atoms with E-state index in [0.717, 1.165) is 0 Å². The topological polar surface area (TPSA) is 87.6 Å². The second-order valence-corrected chi connectivity index (χ2v) is 7.22. The van der Waals surface area contributed by atoms with Gasteiger partial charge in [-0.15, -0.1) is 6.42 Å². The van der Waals surface area contributed by atoms with Crippen molar-refractivity contribution >= 4 is 32.7 Å². The van der Waals surface area contributed by atoms with E-state index in [1.54, 1.807) is 37.3 Å². The van der Waals surface area contributed by atoms with Gasteiger partial charge in [0.25, 0.3) is 10.0 Å². The number of fused-ring (bicyclic) bond motifs is 1. The lowest BCUT2D eigenvalue weighted by atomic mass is 10.1. The maximum atomic E-state index is 13.3. The van der Waals surface area contributed by atoms with E-state index in [0.29, 0.717) is 15.3 Å². The molecule has 1 heterocycles. The van der Waals surface area contributed by atoms with Crippen LogP contribution in [0.4, 0.5) is 10.5 Å². The molecule has 1 N–H and O–H groups in total. The lowest BCUT2D eigenvalue weighted by Crippen LogP contribution is -2.37. The second kappa shape index (κ2) is 6.50. The van der Waals surface area contributed by atoms with Crippen LogP contribution in [0.5, 0.6) is 0 Å². The van der Waals surface area contributed by atoms with E-state index >= 15 is 0 Å². The van der Waals surface area contributed by atoms with Crippen LogP contribution in [0.3, 0.4) is 0 Å². The molecule has 0 unspecified atom stereocenters. The second-order valence-electron chi connectivity index (χ2n) is 5.50. The number of benzene rings is 2. The van der Waals surface area contributed by atoms with Gasteiger partial charge in [-0.1, -0.05) is 36.3 Å². The number of amides is 1. The molecular weight excluding hydrogens is 352 g/mol. The summed E-state index contributed by atoms with van der Waals surface area (Å²) >= 11 is 0. The minimum absolute atomic E-state index is 0.102. The molecule has 26 heavy (non-hydrogen) atoms. The lowest BCUT2D eigenvalue weighted by Gasteiger charge is -2.22. The molecule has 3 aromatic rings. The molecule has 130 valence electrons. The SMILES string of the molecule is C#Cc1ccccc1N(C(=O)O)S(=O)(=O)c1c(C)ccc2cccnc12. The maximum absolute atomic E-state index is 13.3. The Morgan fingerprint density at radius 2 is 1.88 bits per heavy atom. The van der Waals surface area contributed by atoms with Crippen LogP contribution < -0.4 is 4.31 Å². The highest BCUT2D eigenvalue weighted by Gasteiger charge is 2.35. The highest BCUT2D eigenvalue weighted by molar-refractivity contribution is 7.93. The molecule has 0 aliphatic carbocycles. The van der Waals surface area contributed by atoms with Crippen LogP contribution in [-0.2, 0) is 10.0 Å². The number of nitrogens with zero attached hydrogens (tertiary/aromatic N) is 2. The first kappa shape index (κ1) is 17.5. The molecule has 7 heteroatoms. The number of rotatable bonds is 3. The normalized spacial score (nSPS) is 11.1. The third kappa shape index (κ3) is 2.76. The molecule has 0 saturated carbocycles. The Morgan fingerprint density at radius 1 is 1.15 bits per heavy atom. The van der Waals surface area contributed by atoms with Crippen molar-refractivity contribution in [2.75, 3.05) is 4.31 Å². The first-order valence-electron chi connectivity index (χ1n) is 7.56. The van der Waals surface area contributed by atoms with E-state index in [1.165, 1.54) is 24.4 Å². The van der Waals surface area contributed by atoms with Crippen LogP contribution in [0.1, 0.15) is 11.1 Å². The Balaban J connectivity index is 2.35. The predicted molar refractivity (Wildman–Crippen MR) is 98.5 cm³/mol. The fraction of sp³-hybridized carbons (Fsp3) is 0.0526. The average molecular weight is 366 g/mol. The van der Waals surface area contributed by atoms with Crippen LogP contribution in [0.2, 0.25) is 0 Å². The number of hydrogen-bond donors (Lipinski definition) is 1. The minimum Gasteiger partial charge on any atom is -0.464 e. The summed E-state index contributed by atoms with van der Waals surface area (Å²) in [5, 5.41) is 10.3. The van der Waals surface area contributed by atoms with Crippen LogP contribution in [0, 0.1) is 19.3 Å². The molecule has 0 saturated heterocycles. The first-order chi connectivity index (χ1) is 12.4. The van der Waals surface area contributed by atoms with Crippen molar-refractivity contribution in [2.45, 2.75) is 11.8 Å². The highest BCUT2D eigenvalue weighted by atomic mass is 32.2. The monoisotopic (exact) mass is 366 g/mol. The quantitative estimate of drug-likeness (QED) is 0.718. The smallest absolute Gasteiger partial charge is 0.426 e. The Hall–Kier alpha value is -3.37. The predicted octanol–water partition coefficient (Wildman–Crippen LogP) is 3.40. The van der Waals surface area contributed by atoms with Crippen LogP contribution in [0.15, 0.2) is 59.6 Å². The molecule has 0 atom stereocenters.